The molecule has 3 heterocycles. The molecule has 11 heteroatoms. The van der Waals surface area contributed by atoms with Gasteiger partial charge in [-0.15, -0.1) is 0 Å². The van der Waals surface area contributed by atoms with Crippen LogP contribution in [0, 0.1) is 5.82 Å². The minimum Gasteiger partial charge on any atom is -0.462 e. The second kappa shape index (κ2) is 28.8. The number of benzene rings is 5. The smallest absolute Gasteiger partial charge is 0.340 e. The summed E-state index contributed by atoms with van der Waals surface area (Å²) in [7, 11) is 2.09. The number of halogens is 1. The molecule has 0 radical (unpaired) electrons. The number of carbonyl (C=O) groups is 3. The minimum atomic E-state index is -0.254. The van der Waals surface area contributed by atoms with Gasteiger partial charge in [0, 0.05) is 60.0 Å². The van der Waals surface area contributed by atoms with Gasteiger partial charge in [-0.2, -0.15) is 0 Å². The highest BCUT2D eigenvalue weighted by Gasteiger charge is 2.29. The van der Waals surface area contributed by atoms with E-state index in [0.717, 1.165) is 62.5 Å². The van der Waals surface area contributed by atoms with E-state index in [4.69, 9.17) is 19.3 Å². The van der Waals surface area contributed by atoms with E-state index in [1.807, 2.05) is 90.2 Å². The summed E-state index contributed by atoms with van der Waals surface area (Å²) in [4.78, 5) is 39.4. The van der Waals surface area contributed by atoms with E-state index in [-0.39, 0.29) is 62.8 Å². The Morgan fingerprint density at radius 1 is 0.533 bits per heavy atom. The summed E-state index contributed by atoms with van der Waals surface area (Å²) in [5.74, 6) is -0.837. The second-order valence-corrected chi connectivity index (χ2v) is 29.8. The Kier molecular flexibility index (Phi) is 22.9. The Morgan fingerprint density at radius 3 is 1.69 bits per heavy atom. The molecule has 3 aromatic heterocycles. The first kappa shape index (κ1) is 71.6. The lowest BCUT2D eigenvalue weighted by Crippen LogP contribution is -2.19. The van der Waals surface area contributed by atoms with Gasteiger partial charge in [0.05, 0.1) is 47.5 Å². The molecule has 0 aliphatic heterocycles. The first-order valence-corrected chi connectivity index (χ1v) is 32.2. The van der Waals surface area contributed by atoms with Crippen LogP contribution in [0.5, 0.6) is 0 Å². The number of hydrogen-bond donors (Lipinski definition) is 2. The number of aromatic amines is 1. The maximum Gasteiger partial charge on any atom is 0.340 e. The van der Waals surface area contributed by atoms with Crippen LogP contribution in [0.15, 0.2) is 109 Å². The fourth-order valence-corrected chi connectivity index (χ4v) is 11.3. The Morgan fingerprint density at radius 2 is 1.11 bits per heavy atom. The van der Waals surface area contributed by atoms with Crippen molar-refractivity contribution >= 4 is 62.8 Å². The Balaban J connectivity index is 0.000000180. The third-order valence-corrected chi connectivity index (χ3v) is 16.3. The zero-order valence-electron chi connectivity index (χ0n) is 58.4. The van der Waals surface area contributed by atoms with E-state index in [9.17, 15) is 18.8 Å². The van der Waals surface area contributed by atoms with E-state index < -0.39 is 0 Å². The molecule has 0 unspecified atom stereocenters. The number of fused-ring (bicyclic) bond motifs is 5. The predicted octanol–water partition coefficient (Wildman–Crippen LogP) is 19.3. The fraction of sp³-hybridized carbons (Fsp3) is 0.456. The average Bonchev–Trinajstić information content (AvgIpc) is 1.58. The summed E-state index contributed by atoms with van der Waals surface area (Å²) in [6.45, 7) is 46.0. The number of aryl methyl sites for hydroxylation is 2. The normalized spacial score (nSPS) is 12.9. The van der Waals surface area contributed by atoms with Crippen molar-refractivity contribution in [3.05, 3.63) is 188 Å². The second-order valence-electron chi connectivity index (χ2n) is 29.8. The van der Waals surface area contributed by atoms with Gasteiger partial charge in [0.25, 0.3) is 0 Å². The molecule has 8 aromatic rings. The number of nitrogens with zero attached hydrogens (tertiary/aromatic N) is 2. The van der Waals surface area contributed by atoms with Crippen LogP contribution in [-0.2, 0) is 73.1 Å². The Hall–Kier alpha value is -7.50. The molecule has 0 fully saturated rings. The zero-order chi connectivity index (χ0) is 67.1. The molecule has 90 heavy (non-hydrogen) atoms. The Labute approximate surface area is 537 Å². The minimum absolute atomic E-state index is 0.0210. The van der Waals surface area contributed by atoms with Crippen molar-refractivity contribution in [2.45, 2.75) is 204 Å². The van der Waals surface area contributed by atoms with Crippen LogP contribution >= 0.6 is 0 Å². The van der Waals surface area contributed by atoms with Gasteiger partial charge in [-0.3, -0.25) is 0 Å². The number of aliphatic hydroxyl groups excluding tert-OH is 1. The highest BCUT2D eigenvalue weighted by Crippen LogP contribution is 2.37. The number of rotatable bonds is 9. The highest BCUT2D eigenvalue weighted by atomic mass is 19.1. The van der Waals surface area contributed by atoms with E-state index >= 15 is 0 Å². The molecule has 5 aromatic carbocycles. The molecule has 0 saturated carbocycles. The lowest BCUT2D eigenvalue weighted by Gasteiger charge is -2.23. The topological polar surface area (TPSA) is 125 Å². The summed E-state index contributed by atoms with van der Waals surface area (Å²) < 4.78 is 34.4. The van der Waals surface area contributed by atoms with Gasteiger partial charge in [0.1, 0.15) is 5.82 Å². The van der Waals surface area contributed by atoms with Crippen LogP contribution in [0.25, 0.3) is 44.9 Å². The van der Waals surface area contributed by atoms with Gasteiger partial charge in [0.15, 0.2) is 0 Å². The molecule has 0 amide bonds. The molecular weight excluding hydrogens is 1120 g/mol. The molecule has 0 spiro atoms. The molecule has 0 bridgehead atoms. The summed E-state index contributed by atoms with van der Waals surface area (Å²) in [5.41, 5.74) is 16.3. The number of ether oxygens (including phenoxy) is 3. The van der Waals surface area contributed by atoms with E-state index in [2.05, 4.69) is 192 Å². The number of H-pyrrole nitrogens is 1. The van der Waals surface area contributed by atoms with Crippen molar-refractivity contribution in [2.75, 3.05) is 26.4 Å². The number of esters is 3. The third kappa shape index (κ3) is 17.5. The summed E-state index contributed by atoms with van der Waals surface area (Å²) in [6, 6.07) is 29.0. The van der Waals surface area contributed by atoms with E-state index in [1.165, 1.54) is 38.9 Å². The van der Waals surface area contributed by atoms with Crippen molar-refractivity contribution in [2.24, 2.45) is 7.05 Å². The van der Waals surface area contributed by atoms with Crippen LogP contribution < -0.4 is 0 Å². The largest absolute Gasteiger partial charge is 0.462 e. The molecule has 0 atom stereocenters. The van der Waals surface area contributed by atoms with Crippen LogP contribution in [0.1, 0.15) is 239 Å². The zero-order valence-corrected chi connectivity index (χ0v) is 58.4. The lowest BCUT2D eigenvalue weighted by molar-refractivity contribution is 0.0514. The van der Waals surface area contributed by atoms with Gasteiger partial charge in [0.2, 0.25) is 0 Å². The van der Waals surface area contributed by atoms with E-state index in [0.29, 0.717) is 49.5 Å². The summed E-state index contributed by atoms with van der Waals surface area (Å²) >= 11 is 0. The molecule has 484 valence electrons. The fourth-order valence-electron chi connectivity index (χ4n) is 11.3. The maximum atomic E-state index is 14.6. The molecule has 2 aliphatic carbocycles. The van der Waals surface area contributed by atoms with Gasteiger partial charge in [-0.25, -0.2) is 18.8 Å². The number of carbonyl (C=O) groups excluding carboxylic acids is 3. The molecule has 0 saturated heterocycles. The molecule has 10 rings (SSSR count). The first-order chi connectivity index (χ1) is 41.8. The quantitative estimate of drug-likeness (QED) is 0.109. The maximum absolute atomic E-state index is 14.6. The van der Waals surface area contributed by atoms with Crippen molar-refractivity contribution in [3.8, 4) is 0 Å². The molecule has 2 N–H and O–H groups in total. The van der Waals surface area contributed by atoms with Gasteiger partial charge in [-0.1, -0.05) is 185 Å². The monoisotopic (exact) mass is 1230 g/mol. The standard InChI is InChI=1S/C19H28FNO.2C16H20O2.C15H19NO2.C13H17N/c1-18(2,3)14-10-13-11-17(19(4,5)6)21(8-7-9-22)16(13)12-15(14)20;1-5-18-15(17)14-10-12(16(2,3)4)9-11-7-6-8-13(11)14;1-5-18-15(17)13-9-11-7-6-8-12(11)10-14(13)16(2,3)4;1-5-18-14(17)12-11(15(2,3)4)7-6-10-8-9-16-13(10)12;1-13(2,3)11-6-5-10-7-8-14(4)12(10)9-11/h10-12,22H,7-9H2,1-6H3;6,8-10H,5,7H2,1-4H3;6-7,9-10H,5,8H2,1-4H3;6-9,16H,5H2,1-4H3;5-9H,1-4H3. The number of hydrogen-bond acceptors (Lipinski definition) is 7. The molecule has 2 aliphatic rings. The number of aliphatic hydroxyl groups is 1. The van der Waals surface area contributed by atoms with Crippen molar-refractivity contribution in [1.82, 2.24) is 14.1 Å². The molecular formula is C79H104FN3O7. The van der Waals surface area contributed by atoms with Crippen LogP contribution in [0.2, 0.25) is 0 Å². The number of allylic oxidation sites excluding steroid dienone is 2. The summed E-state index contributed by atoms with van der Waals surface area (Å²) in [5, 5.41) is 12.6. The van der Waals surface area contributed by atoms with Crippen molar-refractivity contribution < 1.29 is 38.1 Å². The third-order valence-electron chi connectivity index (χ3n) is 16.3. The SMILES string of the molecule is CC(C)(C)c1cc2cc(C(C)(C)C)n(CCCO)c2cc1F.CCOC(=O)c1c(C(C)(C)C)ccc2cc[nH]c12.CCOC(=O)c1cc(C(C)(C)C)cc2c1C=CC2.CCOC(=O)c1cc2c(cc1C(C)(C)C)CC=C2.Cn1ccc2ccc(C(C)(C)C)cc21. The highest BCUT2D eigenvalue weighted by molar-refractivity contribution is 6.05. The number of nitrogens with one attached hydrogen (secondary N) is 1. The van der Waals surface area contributed by atoms with Crippen molar-refractivity contribution in [1.29, 1.82) is 0 Å². The lowest BCUT2D eigenvalue weighted by atomic mass is 9.82. The van der Waals surface area contributed by atoms with Gasteiger partial charge < -0.3 is 33.4 Å². The van der Waals surface area contributed by atoms with Crippen LogP contribution in [0.4, 0.5) is 4.39 Å². The van der Waals surface area contributed by atoms with Crippen LogP contribution in [-0.4, -0.2) is 63.6 Å². The van der Waals surface area contributed by atoms with Gasteiger partial charge >= 0.3 is 17.9 Å². The molecule has 10 nitrogen and oxygen atoms in total. The average molecular weight is 1230 g/mol. The van der Waals surface area contributed by atoms with Gasteiger partial charge in [-0.05, 0) is 171 Å². The Bertz CT molecular complexity index is 3890. The summed E-state index contributed by atoms with van der Waals surface area (Å²) in [6.07, 6.45) is 14.8. The number of aromatic nitrogens is 3. The van der Waals surface area contributed by atoms with E-state index in [1.54, 1.807) is 6.07 Å². The van der Waals surface area contributed by atoms with Crippen molar-refractivity contribution in [3.63, 3.8) is 0 Å². The predicted molar refractivity (Wildman–Crippen MR) is 373 cm³/mol. The van der Waals surface area contributed by atoms with Crippen LogP contribution in [0.3, 0.4) is 0 Å². The first-order valence-electron chi connectivity index (χ1n) is 32.2.